The molecule has 1 atom stereocenters. The molecule has 1 aliphatic rings. The molecule has 0 unspecified atom stereocenters. The lowest BCUT2D eigenvalue weighted by molar-refractivity contribution is -0.151. The van der Waals surface area contributed by atoms with Crippen LogP contribution in [0.3, 0.4) is 0 Å². The fourth-order valence-corrected chi connectivity index (χ4v) is 1.78. The van der Waals surface area contributed by atoms with Crippen LogP contribution in [0.25, 0.3) is 0 Å². The van der Waals surface area contributed by atoms with Crippen molar-refractivity contribution in [1.82, 2.24) is 4.90 Å². The molecule has 1 N–H and O–H groups in total. The number of nitrogens with zero attached hydrogens (tertiary/aromatic N) is 1. The van der Waals surface area contributed by atoms with Gasteiger partial charge in [0.05, 0.1) is 0 Å². The Labute approximate surface area is 83.0 Å². The summed E-state index contributed by atoms with van der Waals surface area (Å²) in [5.74, 6) is 0.0495. The van der Waals surface area contributed by atoms with Crippen molar-refractivity contribution < 1.29 is 9.90 Å². The third-order valence-corrected chi connectivity index (χ3v) is 2.64. The minimum atomic E-state index is -0.156. The van der Waals surface area contributed by atoms with Crippen LogP contribution in [0.15, 0.2) is 30.3 Å². The number of rotatable bonds is 3. The number of carbonyl (C=O) groups is 1. The monoisotopic (exact) mass is 191 g/mol. The van der Waals surface area contributed by atoms with E-state index in [1.165, 1.54) is 10.5 Å². The largest absolute Gasteiger partial charge is 0.376 e. The highest BCUT2D eigenvalue weighted by atomic mass is 16.3. The van der Waals surface area contributed by atoms with Crippen molar-refractivity contribution >= 4 is 5.91 Å². The van der Waals surface area contributed by atoms with Crippen LogP contribution in [0.2, 0.25) is 0 Å². The first-order chi connectivity index (χ1) is 6.81. The van der Waals surface area contributed by atoms with Gasteiger partial charge in [-0.1, -0.05) is 30.3 Å². The van der Waals surface area contributed by atoms with E-state index in [1.807, 2.05) is 30.3 Å². The second kappa shape index (κ2) is 3.80. The molecule has 2 rings (SSSR count). The zero-order valence-electron chi connectivity index (χ0n) is 7.89. The summed E-state index contributed by atoms with van der Waals surface area (Å²) in [5, 5.41) is 8.91. The Bertz CT molecular complexity index is 323. The van der Waals surface area contributed by atoms with E-state index in [9.17, 15) is 4.79 Å². The molecule has 0 radical (unpaired) electrons. The van der Waals surface area contributed by atoms with E-state index < -0.39 is 0 Å². The van der Waals surface area contributed by atoms with E-state index in [0.717, 1.165) is 6.42 Å². The molecule has 0 aromatic heterocycles. The summed E-state index contributed by atoms with van der Waals surface area (Å²) in [5.41, 5.74) is 1.21. The van der Waals surface area contributed by atoms with Crippen LogP contribution in [0.4, 0.5) is 0 Å². The van der Waals surface area contributed by atoms with Gasteiger partial charge in [-0.2, -0.15) is 0 Å². The molecule has 1 aromatic rings. The summed E-state index contributed by atoms with van der Waals surface area (Å²) in [7, 11) is 0. The predicted molar refractivity (Wildman–Crippen MR) is 52.5 cm³/mol. The van der Waals surface area contributed by atoms with Crippen LogP contribution >= 0.6 is 0 Å². The molecule has 0 spiro atoms. The molecule has 74 valence electrons. The topological polar surface area (TPSA) is 40.5 Å². The van der Waals surface area contributed by atoms with E-state index in [4.69, 9.17) is 5.11 Å². The number of aliphatic hydroxyl groups excluding tert-OH is 1. The smallest absolute Gasteiger partial charge is 0.226 e. The second-order valence-corrected chi connectivity index (χ2v) is 3.55. The van der Waals surface area contributed by atoms with Gasteiger partial charge >= 0.3 is 0 Å². The molecule has 1 aromatic carbocycles. The van der Waals surface area contributed by atoms with Crippen molar-refractivity contribution in [2.75, 3.05) is 6.73 Å². The Morgan fingerprint density at radius 1 is 1.36 bits per heavy atom. The minimum absolute atomic E-state index is 0.0495. The fraction of sp³-hybridized carbons (Fsp3) is 0.364. The third kappa shape index (κ3) is 1.63. The molecule has 0 bridgehead atoms. The summed E-state index contributed by atoms with van der Waals surface area (Å²) >= 11 is 0. The fourth-order valence-electron chi connectivity index (χ4n) is 1.78. The Morgan fingerprint density at radius 3 is 2.64 bits per heavy atom. The molecule has 1 heterocycles. The van der Waals surface area contributed by atoms with Gasteiger partial charge in [0.25, 0.3) is 0 Å². The van der Waals surface area contributed by atoms with Gasteiger partial charge in [-0.15, -0.1) is 0 Å². The first-order valence-electron chi connectivity index (χ1n) is 4.75. The SMILES string of the molecule is O=C1C[C@@H](Cc2ccccc2)N1CO. The maximum Gasteiger partial charge on any atom is 0.226 e. The zero-order valence-corrected chi connectivity index (χ0v) is 7.89. The number of β-lactam (4-membered cyclic amide) rings is 1. The van der Waals surface area contributed by atoms with Gasteiger partial charge in [-0.25, -0.2) is 0 Å². The molecule has 3 nitrogen and oxygen atoms in total. The molecule has 14 heavy (non-hydrogen) atoms. The average molecular weight is 191 g/mol. The van der Waals surface area contributed by atoms with Crippen molar-refractivity contribution in [3.63, 3.8) is 0 Å². The number of benzene rings is 1. The van der Waals surface area contributed by atoms with Gasteiger partial charge < -0.3 is 10.0 Å². The second-order valence-electron chi connectivity index (χ2n) is 3.55. The summed E-state index contributed by atoms with van der Waals surface area (Å²) < 4.78 is 0. The molecule has 1 amide bonds. The number of amides is 1. The number of carbonyl (C=O) groups excluding carboxylic acids is 1. The normalized spacial score (nSPS) is 20.8. The van der Waals surface area contributed by atoms with Crippen LogP contribution in [0.5, 0.6) is 0 Å². The van der Waals surface area contributed by atoms with Crippen LogP contribution in [0.1, 0.15) is 12.0 Å². The molecule has 0 aliphatic carbocycles. The van der Waals surface area contributed by atoms with Gasteiger partial charge in [-0.05, 0) is 12.0 Å². The maximum absolute atomic E-state index is 11.0. The van der Waals surface area contributed by atoms with Crippen molar-refractivity contribution in [3.8, 4) is 0 Å². The van der Waals surface area contributed by atoms with E-state index in [0.29, 0.717) is 6.42 Å². The van der Waals surface area contributed by atoms with Crippen LogP contribution in [-0.2, 0) is 11.2 Å². The van der Waals surface area contributed by atoms with Crippen molar-refractivity contribution in [2.24, 2.45) is 0 Å². The average Bonchev–Trinajstić information content (AvgIpc) is 2.19. The first kappa shape index (κ1) is 9.21. The predicted octanol–water partition coefficient (Wildman–Crippen LogP) is 0.780. The summed E-state index contributed by atoms with van der Waals surface area (Å²) in [6.45, 7) is -0.156. The Balaban J connectivity index is 1.97. The Hall–Kier alpha value is -1.35. The molecule has 1 saturated heterocycles. The number of likely N-dealkylation sites (tertiary alicyclic amines) is 1. The summed E-state index contributed by atoms with van der Waals surface area (Å²) in [6.07, 6.45) is 1.41. The lowest BCUT2D eigenvalue weighted by atomic mass is 9.95. The number of aliphatic hydroxyl groups is 1. The van der Waals surface area contributed by atoms with Crippen LogP contribution in [0, 0.1) is 0 Å². The van der Waals surface area contributed by atoms with Crippen LogP contribution < -0.4 is 0 Å². The highest BCUT2D eigenvalue weighted by molar-refractivity contribution is 5.83. The lowest BCUT2D eigenvalue weighted by Crippen LogP contribution is -2.53. The molecule has 3 heteroatoms. The quantitative estimate of drug-likeness (QED) is 0.717. The standard InChI is InChI=1S/C11H13NO2/c13-8-12-10(7-11(12)14)6-9-4-2-1-3-5-9/h1-5,10,13H,6-8H2/t10-/m1/s1. The van der Waals surface area contributed by atoms with Gasteiger partial charge in [0.2, 0.25) is 5.91 Å². The highest BCUT2D eigenvalue weighted by Crippen LogP contribution is 2.21. The summed E-state index contributed by atoms with van der Waals surface area (Å²) in [6, 6.07) is 10.2. The molecule has 1 fully saturated rings. The molecule has 1 aliphatic heterocycles. The van der Waals surface area contributed by atoms with Crippen molar-refractivity contribution in [3.05, 3.63) is 35.9 Å². The van der Waals surface area contributed by atoms with Crippen molar-refractivity contribution in [2.45, 2.75) is 18.9 Å². The van der Waals surface area contributed by atoms with Crippen molar-refractivity contribution in [1.29, 1.82) is 0 Å². The Morgan fingerprint density at radius 2 is 2.07 bits per heavy atom. The number of hydrogen-bond donors (Lipinski definition) is 1. The van der Waals surface area contributed by atoms with E-state index >= 15 is 0 Å². The first-order valence-corrected chi connectivity index (χ1v) is 4.75. The molecular weight excluding hydrogens is 178 g/mol. The van der Waals surface area contributed by atoms with Gasteiger partial charge in [0.1, 0.15) is 6.73 Å². The lowest BCUT2D eigenvalue weighted by Gasteiger charge is -2.39. The van der Waals surface area contributed by atoms with E-state index in [2.05, 4.69) is 0 Å². The summed E-state index contributed by atoms with van der Waals surface area (Å²) in [4.78, 5) is 12.5. The minimum Gasteiger partial charge on any atom is -0.376 e. The number of hydrogen-bond acceptors (Lipinski definition) is 2. The molecule has 0 saturated carbocycles. The van der Waals surface area contributed by atoms with E-state index in [-0.39, 0.29) is 18.7 Å². The zero-order chi connectivity index (χ0) is 9.97. The molecular formula is C11H13NO2. The van der Waals surface area contributed by atoms with Crippen LogP contribution in [-0.4, -0.2) is 28.7 Å². The Kier molecular flexibility index (Phi) is 2.50. The van der Waals surface area contributed by atoms with Gasteiger partial charge in [0.15, 0.2) is 0 Å². The highest BCUT2D eigenvalue weighted by Gasteiger charge is 2.34. The third-order valence-electron chi connectivity index (χ3n) is 2.64. The van der Waals surface area contributed by atoms with Gasteiger partial charge in [0, 0.05) is 12.5 Å². The van der Waals surface area contributed by atoms with E-state index in [1.54, 1.807) is 0 Å². The van der Waals surface area contributed by atoms with Gasteiger partial charge in [-0.3, -0.25) is 4.79 Å². The maximum atomic E-state index is 11.0.